The molecule has 0 radical (unpaired) electrons. The Morgan fingerprint density at radius 1 is 1.38 bits per heavy atom. The summed E-state index contributed by atoms with van der Waals surface area (Å²) in [6.45, 7) is 5.88. The number of aliphatic hydroxyl groups excluding tert-OH is 1. The maximum absolute atomic E-state index is 12.1. The molecule has 0 spiro atoms. The van der Waals surface area contributed by atoms with Crippen molar-refractivity contribution in [2.24, 2.45) is 0 Å². The van der Waals surface area contributed by atoms with Gasteiger partial charge in [0, 0.05) is 19.2 Å². The molecule has 0 aliphatic rings. The summed E-state index contributed by atoms with van der Waals surface area (Å²) in [5.74, 6) is -0.0310. The average Bonchev–Trinajstić information content (AvgIpc) is 2.16. The smallest absolute Gasteiger partial charge is 0.254 e. The summed E-state index contributed by atoms with van der Waals surface area (Å²) in [4.78, 5) is 13.7. The molecule has 3 heteroatoms. The molecule has 3 nitrogen and oxygen atoms in total. The van der Waals surface area contributed by atoms with Crippen LogP contribution in [0.25, 0.3) is 0 Å². The predicted octanol–water partition coefficient (Wildman–Crippen LogP) is 1.76. The van der Waals surface area contributed by atoms with Crippen LogP contribution < -0.4 is 0 Å². The number of carbonyl (C=O) groups excluding carboxylic acids is 1. The minimum absolute atomic E-state index is 0.0310. The number of hydrogen-bond acceptors (Lipinski definition) is 2. The second-order valence-electron chi connectivity index (χ2n) is 4.30. The van der Waals surface area contributed by atoms with E-state index in [1.807, 2.05) is 32.0 Å². The Morgan fingerprint density at radius 3 is 2.31 bits per heavy atom. The standard InChI is InChI=1S/C13H19NO2/c1-9-6-5-7-10(2)12(9)13(16)14(4)8-11(3)15/h5-7,11,15H,8H2,1-4H3. The summed E-state index contributed by atoms with van der Waals surface area (Å²) in [7, 11) is 1.71. The molecule has 1 aromatic rings. The molecule has 0 aliphatic carbocycles. The van der Waals surface area contributed by atoms with Gasteiger partial charge in [0.05, 0.1) is 6.10 Å². The first kappa shape index (κ1) is 12.7. The summed E-state index contributed by atoms with van der Waals surface area (Å²) in [6.07, 6.45) is -0.502. The van der Waals surface area contributed by atoms with Crippen LogP contribution in [0.3, 0.4) is 0 Å². The van der Waals surface area contributed by atoms with Crippen LogP contribution in [0.1, 0.15) is 28.4 Å². The third kappa shape index (κ3) is 2.83. The first-order valence-electron chi connectivity index (χ1n) is 5.43. The fourth-order valence-electron chi connectivity index (χ4n) is 1.82. The van der Waals surface area contributed by atoms with E-state index in [9.17, 15) is 9.90 Å². The monoisotopic (exact) mass is 221 g/mol. The average molecular weight is 221 g/mol. The Balaban J connectivity index is 2.96. The molecule has 0 saturated carbocycles. The van der Waals surface area contributed by atoms with E-state index >= 15 is 0 Å². The van der Waals surface area contributed by atoms with Crippen LogP contribution in [0.2, 0.25) is 0 Å². The third-order valence-electron chi connectivity index (χ3n) is 2.58. The summed E-state index contributed by atoms with van der Waals surface area (Å²) in [6, 6.07) is 5.79. The van der Waals surface area contributed by atoms with Gasteiger partial charge in [0.2, 0.25) is 0 Å². The minimum atomic E-state index is -0.502. The summed E-state index contributed by atoms with van der Waals surface area (Å²) in [5.41, 5.74) is 2.69. The SMILES string of the molecule is Cc1cccc(C)c1C(=O)N(C)CC(C)O. The molecule has 1 amide bonds. The lowest BCUT2D eigenvalue weighted by Gasteiger charge is -2.20. The highest BCUT2D eigenvalue weighted by Crippen LogP contribution is 2.15. The zero-order valence-electron chi connectivity index (χ0n) is 10.3. The van der Waals surface area contributed by atoms with Gasteiger partial charge < -0.3 is 10.0 Å². The van der Waals surface area contributed by atoms with Crippen LogP contribution in [0.4, 0.5) is 0 Å². The van der Waals surface area contributed by atoms with E-state index in [0.29, 0.717) is 6.54 Å². The maximum Gasteiger partial charge on any atom is 0.254 e. The first-order chi connectivity index (χ1) is 7.43. The van der Waals surface area contributed by atoms with Gasteiger partial charge in [0.15, 0.2) is 0 Å². The zero-order valence-corrected chi connectivity index (χ0v) is 10.3. The van der Waals surface area contributed by atoms with E-state index in [1.165, 1.54) is 0 Å². The van der Waals surface area contributed by atoms with Crippen LogP contribution in [0, 0.1) is 13.8 Å². The molecular weight excluding hydrogens is 202 g/mol. The largest absolute Gasteiger partial charge is 0.392 e. The van der Waals surface area contributed by atoms with Crippen molar-refractivity contribution in [1.82, 2.24) is 4.90 Å². The number of hydrogen-bond donors (Lipinski definition) is 1. The normalized spacial score (nSPS) is 12.3. The fourth-order valence-corrected chi connectivity index (χ4v) is 1.82. The first-order valence-corrected chi connectivity index (χ1v) is 5.43. The number of likely N-dealkylation sites (N-methyl/N-ethyl adjacent to an activating group) is 1. The van der Waals surface area contributed by atoms with Crippen molar-refractivity contribution in [2.75, 3.05) is 13.6 Å². The van der Waals surface area contributed by atoms with Gasteiger partial charge in [-0.2, -0.15) is 0 Å². The highest BCUT2D eigenvalue weighted by molar-refractivity contribution is 5.96. The van der Waals surface area contributed by atoms with Crippen LogP contribution in [-0.4, -0.2) is 35.6 Å². The van der Waals surface area contributed by atoms with E-state index in [1.54, 1.807) is 18.9 Å². The van der Waals surface area contributed by atoms with Crippen LogP contribution in [0.15, 0.2) is 18.2 Å². The van der Waals surface area contributed by atoms with Crippen molar-refractivity contribution in [2.45, 2.75) is 26.9 Å². The highest BCUT2D eigenvalue weighted by atomic mass is 16.3. The maximum atomic E-state index is 12.1. The van der Waals surface area contributed by atoms with Crippen molar-refractivity contribution in [3.8, 4) is 0 Å². The van der Waals surface area contributed by atoms with Gasteiger partial charge in [-0.05, 0) is 31.9 Å². The molecule has 88 valence electrons. The Morgan fingerprint density at radius 2 is 1.88 bits per heavy atom. The molecule has 0 heterocycles. The molecule has 0 aromatic heterocycles. The third-order valence-corrected chi connectivity index (χ3v) is 2.58. The Kier molecular flexibility index (Phi) is 4.07. The van der Waals surface area contributed by atoms with Gasteiger partial charge in [0.25, 0.3) is 5.91 Å². The summed E-state index contributed by atoms with van der Waals surface area (Å²) in [5, 5.41) is 9.26. The van der Waals surface area contributed by atoms with Crippen molar-refractivity contribution in [1.29, 1.82) is 0 Å². The zero-order chi connectivity index (χ0) is 12.3. The van der Waals surface area contributed by atoms with Crippen molar-refractivity contribution in [3.05, 3.63) is 34.9 Å². The second-order valence-corrected chi connectivity index (χ2v) is 4.30. The molecule has 0 aliphatic heterocycles. The quantitative estimate of drug-likeness (QED) is 0.845. The van der Waals surface area contributed by atoms with Crippen molar-refractivity contribution >= 4 is 5.91 Å². The molecule has 1 N–H and O–H groups in total. The Labute approximate surface area is 96.7 Å². The van der Waals surface area contributed by atoms with Crippen molar-refractivity contribution in [3.63, 3.8) is 0 Å². The topological polar surface area (TPSA) is 40.5 Å². The van der Waals surface area contributed by atoms with Gasteiger partial charge >= 0.3 is 0 Å². The molecule has 16 heavy (non-hydrogen) atoms. The van der Waals surface area contributed by atoms with Crippen LogP contribution in [0.5, 0.6) is 0 Å². The molecule has 1 unspecified atom stereocenters. The van der Waals surface area contributed by atoms with Gasteiger partial charge in [-0.1, -0.05) is 18.2 Å². The number of aliphatic hydroxyl groups is 1. The number of rotatable bonds is 3. The summed E-state index contributed by atoms with van der Waals surface area (Å²) < 4.78 is 0. The predicted molar refractivity (Wildman–Crippen MR) is 64.6 cm³/mol. The van der Waals surface area contributed by atoms with Crippen molar-refractivity contribution < 1.29 is 9.90 Å². The lowest BCUT2D eigenvalue weighted by atomic mass is 10.0. The van der Waals surface area contributed by atoms with Gasteiger partial charge in [-0.15, -0.1) is 0 Å². The van der Waals surface area contributed by atoms with Gasteiger partial charge in [-0.3, -0.25) is 4.79 Å². The molecule has 1 rings (SSSR count). The molecular formula is C13H19NO2. The van der Waals surface area contributed by atoms with E-state index in [-0.39, 0.29) is 5.91 Å². The number of aryl methyl sites for hydroxylation is 2. The molecule has 0 fully saturated rings. The lowest BCUT2D eigenvalue weighted by molar-refractivity contribution is 0.0702. The Bertz CT molecular complexity index is 365. The second kappa shape index (κ2) is 5.12. The lowest BCUT2D eigenvalue weighted by Crippen LogP contribution is -2.33. The molecule has 0 bridgehead atoms. The fraction of sp³-hybridized carbons (Fsp3) is 0.462. The number of carbonyl (C=O) groups is 1. The van der Waals surface area contributed by atoms with Gasteiger partial charge in [-0.25, -0.2) is 0 Å². The van der Waals surface area contributed by atoms with E-state index in [2.05, 4.69) is 0 Å². The highest BCUT2D eigenvalue weighted by Gasteiger charge is 2.17. The minimum Gasteiger partial charge on any atom is -0.392 e. The molecule has 1 atom stereocenters. The van der Waals surface area contributed by atoms with E-state index in [4.69, 9.17) is 0 Å². The number of benzene rings is 1. The summed E-state index contributed by atoms with van der Waals surface area (Å²) >= 11 is 0. The molecule has 0 saturated heterocycles. The Hall–Kier alpha value is -1.35. The number of nitrogens with zero attached hydrogens (tertiary/aromatic N) is 1. The van der Waals surface area contributed by atoms with Crippen LogP contribution >= 0.6 is 0 Å². The van der Waals surface area contributed by atoms with E-state index < -0.39 is 6.10 Å². The number of amides is 1. The van der Waals surface area contributed by atoms with Gasteiger partial charge in [0.1, 0.15) is 0 Å². The van der Waals surface area contributed by atoms with Crippen LogP contribution in [-0.2, 0) is 0 Å². The molecule has 1 aromatic carbocycles. The van der Waals surface area contributed by atoms with E-state index in [0.717, 1.165) is 16.7 Å².